The van der Waals surface area contributed by atoms with Crippen LogP contribution >= 0.6 is 23.2 Å². The van der Waals surface area contributed by atoms with E-state index in [0.29, 0.717) is 10.6 Å². The standard InChI is InChI=1S/C14H8Cl2F2O2/c1-20-14(19)10-6-13(18)12(17)5-8(10)9-4-7(15)2-3-11(9)16/h2-6H,1H3. The Balaban J connectivity index is 2.75. The van der Waals surface area contributed by atoms with E-state index in [9.17, 15) is 13.6 Å². The van der Waals surface area contributed by atoms with Crippen LogP contribution in [0.15, 0.2) is 30.3 Å². The van der Waals surface area contributed by atoms with Gasteiger partial charge in [-0.3, -0.25) is 0 Å². The van der Waals surface area contributed by atoms with Crippen LogP contribution in [0.1, 0.15) is 10.4 Å². The second-order valence-electron chi connectivity index (χ2n) is 3.93. The number of methoxy groups -OCH3 is 1. The number of rotatable bonds is 2. The summed E-state index contributed by atoms with van der Waals surface area (Å²) in [6.07, 6.45) is 0. The number of hydrogen-bond acceptors (Lipinski definition) is 2. The lowest BCUT2D eigenvalue weighted by Gasteiger charge is -2.11. The molecule has 0 aliphatic rings. The lowest BCUT2D eigenvalue weighted by molar-refractivity contribution is 0.0601. The van der Waals surface area contributed by atoms with Crippen molar-refractivity contribution < 1.29 is 18.3 Å². The van der Waals surface area contributed by atoms with Gasteiger partial charge in [0.1, 0.15) is 0 Å². The first-order valence-corrected chi connectivity index (χ1v) is 6.22. The summed E-state index contributed by atoms with van der Waals surface area (Å²) in [7, 11) is 1.15. The summed E-state index contributed by atoms with van der Waals surface area (Å²) in [6.45, 7) is 0. The zero-order valence-corrected chi connectivity index (χ0v) is 11.7. The average Bonchev–Trinajstić information content (AvgIpc) is 2.43. The van der Waals surface area contributed by atoms with Gasteiger partial charge in [-0.25, -0.2) is 13.6 Å². The smallest absolute Gasteiger partial charge is 0.338 e. The highest BCUT2D eigenvalue weighted by atomic mass is 35.5. The van der Waals surface area contributed by atoms with Gasteiger partial charge < -0.3 is 4.74 Å². The maximum absolute atomic E-state index is 13.4. The molecule has 0 fully saturated rings. The first-order valence-electron chi connectivity index (χ1n) is 5.47. The fourth-order valence-electron chi connectivity index (χ4n) is 1.75. The highest BCUT2D eigenvalue weighted by molar-refractivity contribution is 6.35. The number of ether oxygens (including phenoxy) is 1. The Labute approximate surface area is 123 Å². The first-order chi connectivity index (χ1) is 9.43. The van der Waals surface area contributed by atoms with Gasteiger partial charge in [-0.1, -0.05) is 23.2 Å². The molecular formula is C14H8Cl2F2O2. The Bertz CT molecular complexity index is 687. The molecule has 0 amide bonds. The fraction of sp³-hybridized carbons (Fsp3) is 0.0714. The number of halogens is 4. The zero-order valence-electron chi connectivity index (χ0n) is 10.2. The SMILES string of the molecule is COC(=O)c1cc(F)c(F)cc1-c1cc(Cl)ccc1Cl. The highest BCUT2D eigenvalue weighted by Gasteiger charge is 2.19. The Morgan fingerprint density at radius 3 is 2.35 bits per heavy atom. The van der Waals surface area contributed by atoms with E-state index in [1.165, 1.54) is 12.1 Å². The monoisotopic (exact) mass is 316 g/mol. The molecule has 20 heavy (non-hydrogen) atoms. The topological polar surface area (TPSA) is 26.3 Å². The van der Waals surface area contributed by atoms with Gasteiger partial charge in [-0.2, -0.15) is 0 Å². The molecule has 2 aromatic rings. The minimum absolute atomic E-state index is 0.114. The van der Waals surface area contributed by atoms with Crippen molar-refractivity contribution in [1.29, 1.82) is 0 Å². The summed E-state index contributed by atoms with van der Waals surface area (Å²) in [6, 6.07) is 6.17. The zero-order chi connectivity index (χ0) is 14.9. The Morgan fingerprint density at radius 2 is 1.70 bits per heavy atom. The minimum atomic E-state index is -1.15. The maximum Gasteiger partial charge on any atom is 0.338 e. The van der Waals surface area contributed by atoms with E-state index in [1.807, 2.05) is 0 Å². The van der Waals surface area contributed by atoms with Crippen LogP contribution in [0.25, 0.3) is 11.1 Å². The van der Waals surface area contributed by atoms with Gasteiger partial charge in [-0.15, -0.1) is 0 Å². The molecule has 0 aliphatic carbocycles. The molecule has 0 N–H and O–H groups in total. The quantitative estimate of drug-likeness (QED) is 0.749. The van der Waals surface area contributed by atoms with E-state index in [0.717, 1.165) is 19.2 Å². The summed E-state index contributed by atoms with van der Waals surface area (Å²) in [5.41, 5.74) is 0.303. The van der Waals surface area contributed by atoms with Crippen LogP contribution in [0.3, 0.4) is 0 Å². The van der Waals surface area contributed by atoms with Crippen LogP contribution < -0.4 is 0 Å². The summed E-state index contributed by atoms with van der Waals surface area (Å²) >= 11 is 11.9. The molecule has 104 valence electrons. The van der Waals surface area contributed by atoms with Gasteiger partial charge in [0.05, 0.1) is 12.7 Å². The molecule has 0 aromatic heterocycles. The van der Waals surface area contributed by atoms with E-state index in [1.54, 1.807) is 6.07 Å². The Kier molecular flexibility index (Phi) is 4.26. The van der Waals surface area contributed by atoms with Gasteiger partial charge in [0.25, 0.3) is 0 Å². The molecule has 0 unspecified atom stereocenters. The third-order valence-corrected chi connectivity index (χ3v) is 3.25. The van der Waals surface area contributed by atoms with Gasteiger partial charge in [0.2, 0.25) is 0 Å². The molecule has 0 bridgehead atoms. The third-order valence-electron chi connectivity index (χ3n) is 2.68. The van der Waals surface area contributed by atoms with E-state index < -0.39 is 17.6 Å². The molecule has 0 saturated heterocycles. The summed E-state index contributed by atoms with van der Waals surface area (Å²) in [5.74, 6) is -3.04. The maximum atomic E-state index is 13.4. The molecule has 2 nitrogen and oxygen atoms in total. The van der Waals surface area contributed by atoms with Crippen LogP contribution in [0.4, 0.5) is 8.78 Å². The predicted octanol–water partition coefficient (Wildman–Crippen LogP) is 4.73. The number of hydrogen-bond donors (Lipinski definition) is 0. The summed E-state index contributed by atoms with van der Waals surface area (Å²) in [4.78, 5) is 11.7. The highest BCUT2D eigenvalue weighted by Crippen LogP contribution is 2.34. The molecule has 0 heterocycles. The van der Waals surface area contributed by atoms with Crippen molar-refractivity contribution in [2.45, 2.75) is 0 Å². The summed E-state index contributed by atoms with van der Waals surface area (Å²) < 4.78 is 31.3. The first kappa shape index (κ1) is 14.8. The second kappa shape index (κ2) is 5.77. The lowest BCUT2D eigenvalue weighted by atomic mass is 9.99. The van der Waals surface area contributed by atoms with E-state index in [-0.39, 0.29) is 16.1 Å². The molecule has 0 radical (unpaired) electrons. The van der Waals surface area contributed by atoms with E-state index in [4.69, 9.17) is 23.2 Å². The molecule has 2 aromatic carbocycles. The van der Waals surface area contributed by atoms with Crippen molar-refractivity contribution in [1.82, 2.24) is 0 Å². The van der Waals surface area contributed by atoms with Crippen LogP contribution in [-0.2, 0) is 4.74 Å². The second-order valence-corrected chi connectivity index (χ2v) is 4.77. The molecule has 0 spiro atoms. The Morgan fingerprint density at radius 1 is 1.05 bits per heavy atom. The van der Waals surface area contributed by atoms with Gasteiger partial charge in [0, 0.05) is 21.2 Å². The van der Waals surface area contributed by atoms with Gasteiger partial charge in [0.15, 0.2) is 11.6 Å². The molecule has 0 atom stereocenters. The lowest BCUT2D eigenvalue weighted by Crippen LogP contribution is -2.05. The van der Waals surface area contributed by atoms with Gasteiger partial charge in [-0.05, 0) is 30.3 Å². The fourth-order valence-corrected chi connectivity index (χ4v) is 2.14. The van der Waals surface area contributed by atoms with Crippen molar-refractivity contribution in [2.75, 3.05) is 7.11 Å². The van der Waals surface area contributed by atoms with Crippen LogP contribution in [-0.4, -0.2) is 13.1 Å². The van der Waals surface area contributed by atoms with Crippen LogP contribution in [0.5, 0.6) is 0 Å². The van der Waals surface area contributed by atoms with Crippen molar-refractivity contribution in [3.63, 3.8) is 0 Å². The van der Waals surface area contributed by atoms with Crippen LogP contribution in [0, 0.1) is 11.6 Å². The number of benzene rings is 2. The minimum Gasteiger partial charge on any atom is -0.465 e. The number of esters is 1. The molecular weight excluding hydrogens is 309 g/mol. The largest absolute Gasteiger partial charge is 0.465 e. The molecule has 0 saturated carbocycles. The normalized spacial score (nSPS) is 10.4. The molecule has 0 aliphatic heterocycles. The predicted molar refractivity (Wildman–Crippen MR) is 73.2 cm³/mol. The van der Waals surface area contributed by atoms with Gasteiger partial charge >= 0.3 is 5.97 Å². The van der Waals surface area contributed by atoms with E-state index in [2.05, 4.69) is 4.74 Å². The molecule has 2 rings (SSSR count). The third kappa shape index (κ3) is 2.76. The van der Waals surface area contributed by atoms with E-state index >= 15 is 0 Å². The van der Waals surface area contributed by atoms with Crippen LogP contribution in [0.2, 0.25) is 10.0 Å². The number of carbonyl (C=O) groups is 1. The summed E-state index contributed by atoms with van der Waals surface area (Å²) in [5, 5.41) is 0.607. The van der Waals surface area contributed by atoms with Crippen molar-refractivity contribution in [3.05, 3.63) is 57.6 Å². The average molecular weight is 317 g/mol. The van der Waals surface area contributed by atoms with Crippen molar-refractivity contribution in [2.24, 2.45) is 0 Å². The number of carbonyl (C=O) groups excluding carboxylic acids is 1. The Hall–Kier alpha value is -1.65. The molecule has 6 heteroatoms. The van der Waals surface area contributed by atoms with Crippen molar-refractivity contribution in [3.8, 4) is 11.1 Å². The van der Waals surface area contributed by atoms with Crippen molar-refractivity contribution >= 4 is 29.2 Å².